The van der Waals surface area contributed by atoms with E-state index in [2.05, 4.69) is 40.6 Å². The SMILES string of the molecule is CCc1ccc2c(c1)C(c1cccnc1)=NNC(c1ccccc1)=N2. The predicted octanol–water partition coefficient (Wildman–Crippen LogP) is 4.08. The van der Waals surface area contributed by atoms with Crippen molar-refractivity contribution in [1.29, 1.82) is 0 Å². The average Bonchev–Trinajstić information content (AvgIpc) is 2.88. The summed E-state index contributed by atoms with van der Waals surface area (Å²) in [6.07, 6.45) is 4.57. The van der Waals surface area contributed by atoms with E-state index < -0.39 is 0 Å². The molecule has 1 N–H and O–H groups in total. The number of aliphatic imine (C=N–C) groups is 1. The Labute approximate surface area is 147 Å². The molecule has 0 atom stereocenters. The maximum absolute atomic E-state index is 4.83. The van der Waals surface area contributed by atoms with Gasteiger partial charge in [0.05, 0.1) is 5.69 Å². The average molecular weight is 326 g/mol. The van der Waals surface area contributed by atoms with Gasteiger partial charge >= 0.3 is 0 Å². The summed E-state index contributed by atoms with van der Waals surface area (Å²) < 4.78 is 0. The van der Waals surface area contributed by atoms with Crippen LogP contribution in [0.5, 0.6) is 0 Å². The smallest absolute Gasteiger partial charge is 0.154 e. The Morgan fingerprint density at radius 1 is 0.920 bits per heavy atom. The van der Waals surface area contributed by atoms with Crippen LogP contribution in [0.25, 0.3) is 0 Å². The van der Waals surface area contributed by atoms with Gasteiger partial charge in [0.2, 0.25) is 0 Å². The molecule has 1 aliphatic rings. The van der Waals surface area contributed by atoms with Crippen LogP contribution in [-0.2, 0) is 6.42 Å². The minimum absolute atomic E-state index is 0.741. The van der Waals surface area contributed by atoms with Gasteiger partial charge in [-0.2, -0.15) is 5.10 Å². The first-order valence-corrected chi connectivity index (χ1v) is 8.36. The second-order valence-electron chi connectivity index (χ2n) is 5.85. The number of aryl methyl sites for hydroxylation is 1. The number of hydrogen-bond acceptors (Lipinski definition) is 4. The van der Waals surface area contributed by atoms with Crippen molar-refractivity contribution in [2.24, 2.45) is 10.1 Å². The molecule has 0 saturated heterocycles. The number of rotatable bonds is 3. The normalized spacial score (nSPS) is 13.2. The van der Waals surface area contributed by atoms with Gasteiger partial charge in [0.25, 0.3) is 0 Å². The van der Waals surface area contributed by atoms with Crippen molar-refractivity contribution < 1.29 is 0 Å². The lowest BCUT2D eigenvalue weighted by atomic mass is 9.99. The van der Waals surface area contributed by atoms with E-state index in [4.69, 9.17) is 4.99 Å². The number of aromatic nitrogens is 1. The lowest BCUT2D eigenvalue weighted by Crippen LogP contribution is -2.19. The van der Waals surface area contributed by atoms with Gasteiger partial charge < -0.3 is 0 Å². The van der Waals surface area contributed by atoms with E-state index in [9.17, 15) is 0 Å². The van der Waals surface area contributed by atoms with Gasteiger partial charge in [-0.15, -0.1) is 0 Å². The number of fused-ring (bicyclic) bond motifs is 1. The van der Waals surface area contributed by atoms with Gasteiger partial charge in [-0.05, 0) is 36.2 Å². The van der Waals surface area contributed by atoms with Crippen molar-refractivity contribution in [2.75, 3.05) is 0 Å². The van der Waals surface area contributed by atoms with E-state index in [1.165, 1.54) is 5.56 Å². The summed E-state index contributed by atoms with van der Waals surface area (Å²) in [6.45, 7) is 2.15. The van der Waals surface area contributed by atoms with Crippen molar-refractivity contribution in [2.45, 2.75) is 13.3 Å². The number of hydrazone groups is 1. The molecule has 2 aromatic carbocycles. The van der Waals surface area contributed by atoms with Crippen molar-refractivity contribution >= 4 is 17.2 Å². The summed E-state index contributed by atoms with van der Waals surface area (Å²) in [7, 11) is 0. The van der Waals surface area contributed by atoms with E-state index in [1.807, 2.05) is 48.7 Å². The standard InChI is InChI=1S/C21H18N4/c1-2-15-10-11-19-18(13-15)20(17-9-6-12-22-14-17)24-25-21(23-19)16-7-4-3-5-8-16/h3-14H,2H2,1H3,(H,23,25). The molecule has 0 amide bonds. The van der Waals surface area contributed by atoms with Gasteiger partial charge in [0.1, 0.15) is 5.71 Å². The summed E-state index contributed by atoms with van der Waals surface area (Å²) in [6, 6.07) is 20.3. The molecule has 4 heteroatoms. The zero-order chi connectivity index (χ0) is 17.1. The molecule has 0 fully saturated rings. The molecule has 3 aromatic rings. The zero-order valence-electron chi connectivity index (χ0n) is 14.0. The van der Waals surface area contributed by atoms with Crippen LogP contribution in [0.3, 0.4) is 0 Å². The number of nitrogens with zero attached hydrogens (tertiary/aromatic N) is 3. The number of benzene rings is 2. The molecule has 0 bridgehead atoms. The molecule has 0 saturated carbocycles. The molecule has 4 nitrogen and oxygen atoms in total. The van der Waals surface area contributed by atoms with E-state index in [1.54, 1.807) is 6.20 Å². The first kappa shape index (κ1) is 15.3. The predicted molar refractivity (Wildman–Crippen MR) is 101 cm³/mol. The number of hydrogen-bond donors (Lipinski definition) is 1. The minimum Gasteiger partial charge on any atom is -0.264 e. The molecular weight excluding hydrogens is 308 g/mol. The van der Waals surface area contributed by atoms with Gasteiger partial charge in [-0.1, -0.05) is 43.3 Å². The monoisotopic (exact) mass is 326 g/mol. The van der Waals surface area contributed by atoms with E-state index in [0.29, 0.717) is 0 Å². The highest BCUT2D eigenvalue weighted by Gasteiger charge is 2.17. The first-order valence-electron chi connectivity index (χ1n) is 8.36. The largest absolute Gasteiger partial charge is 0.264 e. The molecule has 0 spiro atoms. The van der Waals surface area contributed by atoms with Crippen molar-refractivity contribution in [3.63, 3.8) is 0 Å². The fourth-order valence-corrected chi connectivity index (χ4v) is 2.85. The summed E-state index contributed by atoms with van der Waals surface area (Å²) in [5.41, 5.74) is 9.15. The summed E-state index contributed by atoms with van der Waals surface area (Å²) in [5.74, 6) is 0.741. The van der Waals surface area contributed by atoms with Gasteiger partial charge in [-0.3, -0.25) is 10.4 Å². The van der Waals surface area contributed by atoms with E-state index >= 15 is 0 Å². The minimum atomic E-state index is 0.741. The number of pyridine rings is 1. The fourth-order valence-electron chi connectivity index (χ4n) is 2.85. The second-order valence-corrected chi connectivity index (χ2v) is 5.85. The molecular formula is C21H18N4. The highest BCUT2D eigenvalue weighted by molar-refractivity contribution is 6.17. The van der Waals surface area contributed by atoms with Crippen molar-refractivity contribution in [3.8, 4) is 0 Å². The molecule has 122 valence electrons. The van der Waals surface area contributed by atoms with Gasteiger partial charge in [0.15, 0.2) is 5.84 Å². The number of amidine groups is 1. The first-order chi connectivity index (χ1) is 12.3. The highest BCUT2D eigenvalue weighted by atomic mass is 15.3. The Bertz CT molecular complexity index is 944. The maximum atomic E-state index is 4.83. The van der Waals surface area contributed by atoms with Gasteiger partial charge in [0, 0.05) is 29.1 Å². The summed E-state index contributed by atoms with van der Waals surface area (Å²) in [4.78, 5) is 9.07. The van der Waals surface area contributed by atoms with Crippen molar-refractivity contribution in [1.82, 2.24) is 10.4 Å². The molecule has 2 heterocycles. The molecule has 0 radical (unpaired) electrons. The molecule has 25 heavy (non-hydrogen) atoms. The lowest BCUT2D eigenvalue weighted by Gasteiger charge is -2.09. The Kier molecular flexibility index (Phi) is 4.09. The van der Waals surface area contributed by atoms with Crippen LogP contribution in [0.15, 0.2) is 83.2 Å². The zero-order valence-corrected chi connectivity index (χ0v) is 14.0. The van der Waals surface area contributed by atoms with Crippen LogP contribution < -0.4 is 5.43 Å². The Hall–Kier alpha value is -3.27. The molecule has 1 aromatic heterocycles. The molecule has 1 aliphatic heterocycles. The Morgan fingerprint density at radius 2 is 1.76 bits per heavy atom. The molecule has 0 unspecified atom stereocenters. The summed E-state index contributed by atoms with van der Waals surface area (Å²) in [5, 5.41) is 4.66. The summed E-state index contributed by atoms with van der Waals surface area (Å²) >= 11 is 0. The fraction of sp³-hybridized carbons (Fsp3) is 0.0952. The van der Waals surface area contributed by atoms with Gasteiger partial charge in [-0.25, -0.2) is 4.99 Å². The molecule has 0 aliphatic carbocycles. The van der Waals surface area contributed by atoms with Crippen LogP contribution in [0.1, 0.15) is 29.2 Å². The third-order valence-electron chi connectivity index (χ3n) is 4.21. The van der Waals surface area contributed by atoms with E-state index in [-0.39, 0.29) is 0 Å². The molecule has 4 rings (SSSR count). The quantitative estimate of drug-likeness (QED) is 0.788. The maximum Gasteiger partial charge on any atom is 0.154 e. The number of nitrogens with one attached hydrogen (secondary N) is 1. The van der Waals surface area contributed by atoms with Crippen LogP contribution >= 0.6 is 0 Å². The van der Waals surface area contributed by atoms with Crippen molar-refractivity contribution in [3.05, 3.63) is 95.3 Å². The van der Waals surface area contributed by atoms with Crippen LogP contribution in [-0.4, -0.2) is 16.5 Å². The topological polar surface area (TPSA) is 49.6 Å². The van der Waals surface area contributed by atoms with Crippen LogP contribution in [0.2, 0.25) is 0 Å². The Balaban J connectivity index is 1.89. The Morgan fingerprint density at radius 3 is 2.52 bits per heavy atom. The van der Waals surface area contributed by atoms with Crippen LogP contribution in [0.4, 0.5) is 5.69 Å². The third kappa shape index (κ3) is 3.06. The van der Waals surface area contributed by atoms with Crippen LogP contribution in [0, 0.1) is 0 Å². The van der Waals surface area contributed by atoms with E-state index in [0.717, 1.165) is 40.3 Å². The third-order valence-corrected chi connectivity index (χ3v) is 4.21. The second kappa shape index (κ2) is 6.69. The highest BCUT2D eigenvalue weighted by Crippen LogP contribution is 2.27. The lowest BCUT2D eigenvalue weighted by molar-refractivity contribution is 1.03.